The molecule has 0 amide bonds. The first kappa shape index (κ1) is 20.5. The fourth-order valence-electron chi connectivity index (χ4n) is 4.04. The topological polar surface area (TPSA) is 105 Å². The number of benzene rings is 1. The molecule has 1 fully saturated rings. The van der Waals surface area contributed by atoms with Gasteiger partial charge in [-0.25, -0.2) is 18.4 Å². The molecule has 4 heterocycles. The quantitative estimate of drug-likeness (QED) is 0.467. The van der Waals surface area contributed by atoms with Crippen LogP contribution in [-0.2, 0) is 10.0 Å². The van der Waals surface area contributed by atoms with Crippen LogP contribution >= 0.6 is 0 Å². The highest BCUT2D eigenvalue weighted by atomic mass is 32.2. The van der Waals surface area contributed by atoms with Gasteiger partial charge in [0.2, 0.25) is 10.0 Å². The number of piperazine rings is 1. The predicted molar refractivity (Wildman–Crippen MR) is 120 cm³/mol. The molecule has 0 aliphatic carbocycles. The summed E-state index contributed by atoms with van der Waals surface area (Å²) in [5.74, 6) is 1.70. The minimum Gasteiger partial charge on any atom is -0.360 e. The van der Waals surface area contributed by atoms with E-state index in [-0.39, 0.29) is 4.90 Å². The zero-order valence-electron chi connectivity index (χ0n) is 17.8. The van der Waals surface area contributed by atoms with E-state index in [1.165, 1.54) is 4.31 Å². The molecule has 1 aliphatic rings. The fourth-order valence-corrected chi connectivity index (χ4v) is 5.75. The first-order valence-corrected chi connectivity index (χ1v) is 11.7. The standard InChI is InChI=1S/C22H22N6O3S/c1-15-20(16(2)31-26-15)32(29,30)28-12-10-27(11-13-28)22-18-7-3-4-8-19(18)24-21(25-22)17-6-5-9-23-14-17/h3-9,14H,10-13H2,1-2H3. The molecule has 1 aromatic carbocycles. The van der Waals surface area contributed by atoms with Crippen LogP contribution in [-0.4, -0.2) is 59.0 Å². The molecule has 0 radical (unpaired) electrons. The van der Waals surface area contributed by atoms with E-state index in [1.807, 2.05) is 36.4 Å². The summed E-state index contributed by atoms with van der Waals surface area (Å²) in [6.07, 6.45) is 3.45. The second kappa shape index (κ2) is 7.95. The normalized spacial score (nSPS) is 15.4. The number of sulfonamides is 1. The molecule has 1 saturated heterocycles. The van der Waals surface area contributed by atoms with Crippen LogP contribution in [0.15, 0.2) is 58.2 Å². The molecule has 0 bridgehead atoms. The van der Waals surface area contributed by atoms with Crippen molar-refractivity contribution in [2.75, 3.05) is 31.1 Å². The summed E-state index contributed by atoms with van der Waals surface area (Å²) in [6, 6.07) is 11.6. The van der Waals surface area contributed by atoms with Gasteiger partial charge in [0.15, 0.2) is 11.6 Å². The van der Waals surface area contributed by atoms with Crippen LogP contribution < -0.4 is 4.90 Å². The van der Waals surface area contributed by atoms with Gasteiger partial charge in [-0.1, -0.05) is 17.3 Å². The predicted octanol–water partition coefficient (Wildman–Crippen LogP) is 2.81. The van der Waals surface area contributed by atoms with Crippen molar-refractivity contribution in [1.29, 1.82) is 0 Å². The molecule has 0 atom stereocenters. The van der Waals surface area contributed by atoms with Gasteiger partial charge in [0.25, 0.3) is 0 Å². The van der Waals surface area contributed by atoms with Crippen molar-refractivity contribution in [2.45, 2.75) is 18.7 Å². The van der Waals surface area contributed by atoms with Gasteiger partial charge >= 0.3 is 0 Å². The highest BCUT2D eigenvalue weighted by Crippen LogP contribution is 2.30. The average Bonchev–Trinajstić information content (AvgIpc) is 3.17. The summed E-state index contributed by atoms with van der Waals surface area (Å²) in [7, 11) is -3.67. The molecule has 0 spiro atoms. The highest BCUT2D eigenvalue weighted by molar-refractivity contribution is 7.89. The van der Waals surface area contributed by atoms with Gasteiger partial charge in [0.05, 0.1) is 5.52 Å². The molecule has 3 aromatic heterocycles. The average molecular weight is 451 g/mol. The number of fused-ring (bicyclic) bond motifs is 1. The molecule has 9 nitrogen and oxygen atoms in total. The van der Waals surface area contributed by atoms with Crippen LogP contribution in [0.5, 0.6) is 0 Å². The molecule has 0 N–H and O–H groups in total. The van der Waals surface area contributed by atoms with E-state index < -0.39 is 10.0 Å². The molecular formula is C22H22N6O3S. The Balaban J connectivity index is 1.46. The minimum atomic E-state index is -3.67. The maximum absolute atomic E-state index is 13.2. The number of hydrogen-bond acceptors (Lipinski definition) is 8. The van der Waals surface area contributed by atoms with Crippen LogP contribution in [0.1, 0.15) is 11.5 Å². The minimum absolute atomic E-state index is 0.164. The number of para-hydroxylation sites is 1. The highest BCUT2D eigenvalue weighted by Gasteiger charge is 2.34. The number of pyridine rings is 1. The molecule has 164 valence electrons. The summed E-state index contributed by atoms with van der Waals surface area (Å²) in [5, 5.41) is 4.73. The molecule has 10 heteroatoms. The Morgan fingerprint density at radius 1 is 0.969 bits per heavy atom. The number of nitrogens with zero attached hydrogens (tertiary/aromatic N) is 6. The zero-order chi connectivity index (χ0) is 22.3. The van der Waals surface area contributed by atoms with Gasteiger partial charge in [-0.15, -0.1) is 0 Å². The van der Waals surface area contributed by atoms with Crippen molar-refractivity contribution in [3.63, 3.8) is 0 Å². The maximum Gasteiger partial charge on any atom is 0.248 e. The molecule has 0 saturated carbocycles. The Morgan fingerprint density at radius 2 is 1.75 bits per heavy atom. The number of rotatable bonds is 4. The van der Waals surface area contributed by atoms with Gasteiger partial charge in [-0.2, -0.15) is 4.31 Å². The smallest absolute Gasteiger partial charge is 0.248 e. The number of anilines is 1. The van der Waals surface area contributed by atoms with E-state index >= 15 is 0 Å². The summed E-state index contributed by atoms with van der Waals surface area (Å²) >= 11 is 0. The van der Waals surface area contributed by atoms with Crippen LogP contribution in [0.3, 0.4) is 0 Å². The Kier molecular flexibility index (Phi) is 5.10. The third kappa shape index (κ3) is 3.51. The summed E-state index contributed by atoms with van der Waals surface area (Å²) in [4.78, 5) is 16.0. The van der Waals surface area contributed by atoms with Crippen LogP contribution in [0.25, 0.3) is 22.3 Å². The first-order chi connectivity index (χ1) is 15.4. The lowest BCUT2D eigenvalue weighted by molar-refractivity contribution is 0.378. The van der Waals surface area contributed by atoms with Crippen LogP contribution in [0, 0.1) is 13.8 Å². The lowest BCUT2D eigenvalue weighted by Gasteiger charge is -2.35. The van der Waals surface area contributed by atoms with Crippen LogP contribution in [0.2, 0.25) is 0 Å². The maximum atomic E-state index is 13.2. The van der Waals surface area contributed by atoms with E-state index in [9.17, 15) is 8.42 Å². The van der Waals surface area contributed by atoms with E-state index in [0.29, 0.717) is 43.5 Å². The molecule has 32 heavy (non-hydrogen) atoms. The SMILES string of the molecule is Cc1noc(C)c1S(=O)(=O)N1CCN(c2nc(-c3cccnc3)nc3ccccc23)CC1. The lowest BCUT2D eigenvalue weighted by atomic mass is 10.2. The molecule has 0 unspecified atom stereocenters. The van der Waals surface area contributed by atoms with Crippen molar-refractivity contribution in [3.8, 4) is 11.4 Å². The summed E-state index contributed by atoms with van der Waals surface area (Å²) in [5.41, 5.74) is 2.05. The Hall–Kier alpha value is -3.37. The van der Waals surface area contributed by atoms with E-state index in [2.05, 4.69) is 15.0 Å². The van der Waals surface area contributed by atoms with Crippen molar-refractivity contribution in [1.82, 2.24) is 24.4 Å². The molecule has 4 aromatic rings. The molecule has 1 aliphatic heterocycles. The monoisotopic (exact) mass is 450 g/mol. The Morgan fingerprint density at radius 3 is 2.44 bits per heavy atom. The van der Waals surface area contributed by atoms with E-state index in [4.69, 9.17) is 14.5 Å². The second-order valence-electron chi connectivity index (χ2n) is 7.67. The van der Waals surface area contributed by atoms with Crippen molar-refractivity contribution < 1.29 is 12.9 Å². The fraction of sp³-hybridized carbons (Fsp3) is 0.273. The lowest BCUT2D eigenvalue weighted by Crippen LogP contribution is -2.49. The van der Waals surface area contributed by atoms with Crippen molar-refractivity contribution in [2.24, 2.45) is 0 Å². The first-order valence-electron chi connectivity index (χ1n) is 10.3. The third-order valence-electron chi connectivity index (χ3n) is 5.61. The summed E-state index contributed by atoms with van der Waals surface area (Å²) < 4.78 is 32.9. The zero-order valence-corrected chi connectivity index (χ0v) is 18.6. The largest absolute Gasteiger partial charge is 0.360 e. The Labute approximate surface area is 185 Å². The molecular weight excluding hydrogens is 428 g/mol. The summed E-state index contributed by atoms with van der Waals surface area (Å²) in [6.45, 7) is 4.97. The number of aromatic nitrogens is 4. The van der Waals surface area contributed by atoms with Crippen LogP contribution in [0.4, 0.5) is 5.82 Å². The van der Waals surface area contributed by atoms with Gasteiger partial charge in [0, 0.05) is 49.5 Å². The van der Waals surface area contributed by atoms with E-state index in [1.54, 1.807) is 26.2 Å². The Bertz CT molecular complexity index is 1360. The third-order valence-corrected chi connectivity index (χ3v) is 7.75. The number of hydrogen-bond donors (Lipinski definition) is 0. The van der Waals surface area contributed by atoms with Gasteiger partial charge < -0.3 is 9.42 Å². The van der Waals surface area contributed by atoms with E-state index in [0.717, 1.165) is 22.3 Å². The van der Waals surface area contributed by atoms with Gasteiger partial charge in [-0.05, 0) is 38.1 Å². The molecule has 5 rings (SSSR count). The van der Waals surface area contributed by atoms with Crippen molar-refractivity contribution in [3.05, 3.63) is 60.2 Å². The van der Waals surface area contributed by atoms with Gasteiger partial charge in [0.1, 0.15) is 16.4 Å². The number of aryl methyl sites for hydroxylation is 2. The van der Waals surface area contributed by atoms with Crippen molar-refractivity contribution >= 4 is 26.7 Å². The second-order valence-corrected chi connectivity index (χ2v) is 9.55. The van der Waals surface area contributed by atoms with Gasteiger partial charge in [-0.3, -0.25) is 4.98 Å².